The van der Waals surface area contributed by atoms with Crippen molar-refractivity contribution in [2.24, 2.45) is 0 Å². The zero-order valence-electron chi connectivity index (χ0n) is 15.5. The molecule has 0 aliphatic carbocycles. The summed E-state index contributed by atoms with van der Waals surface area (Å²) < 4.78 is 26.4. The maximum atomic E-state index is 12.6. The number of carbonyl (C=O) groups is 1. The zero-order chi connectivity index (χ0) is 19.6. The number of benzene rings is 2. The molecular weight excluding hydrogens is 380 g/mol. The topological polar surface area (TPSA) is 66.5 Å². The van der Waals surface area contributed by atoms with Gasteiger partial charge < -0.3 is 5.32 Å². The van der Waals surface area contributed by atoms with Gasteiger partial charge in [0.1, 0.15) is 0 Å². The lowest BCUT2D eigenvalue weighted by atomic mass is 10.1. The van der Waals surface area contributed by atoms with Gasteiger partial charge in [0.25, 0.3) is 5.91 Å². The third-order valence-corrected chi connectivity index (χ3v) is 7.41. The van der Waals surface area contributed by atoms with E-state index >= 15 is 0 Å². The van der Waals surface area contributed by atoms with E-state index in [1.165, 1.54) is 15.6 Å². The summed E-state index contributed by atoms with van der Waals surface area (Å²) in [7, 11) is -1.78. The molecule has 0 spiro atoms. The number of nitrogens with one attached hydrogen (secondary N) is 1. The highest BCUT2D eigenvalue weighted by Gasteiger charge is 2.18. The number of carbonyl (C=O) groups excluding carboxylic acids is 1. The average Bonchev–Trinajstić information content (AvgIpc) is 3.11. The quantitative estimate of drug-likeness (QED) is 0.673. The van der Waals surface area contributed by atoms with Gasteiger partial charge in [0.15, 0.2) is 0 Å². The van der Waals surface area contributed by atoms with Crippen molar-refractivity contribution in [3.63, 3.8) is 0 Å². The molecule has 0 saturated heterocycles. The molecule has 1 atom stereocenters. The second-order valence-corrected chi connectivity index (χ2v) is 9.68. The molecule has 0 aliphatic rings. The van der Waals surface area contributed by atoms with Crippen molar-refractivity contribution in [3.8, 4) is 0 Å². The normalized spacial score (nSPS) is 12.7. The SMILES string of the molecule is CCS(=O)(=O)N(C)c1ccc2sc(C(=O)N[C@H](C)c3ccccc3)cc2c1. The molecule has 142 valence electrons. The van der Waals surface area contributed by atoms with Gasteiger partial charge in [-0.25, -0.2) is 8.42 Å². The Labute approximate surface area is 163 Å². The summed E-state index contributed by atoms with van der Waals surface area (Å²) in [6.07, 6.45) is 0. The maximum absolute atomic E-state index is 12.6. The van der Waals surface area contributed by atoms with Crippen LogP contribution in [0.3, 0.4) is 0 Å². The fourth-order valence-electron chi connectivity index (χ4n) is 2.79. The maximum Gasteiger partial charge on any atom is 0.261 e. The second-order valence-electron chi connectivity index (χ2n) is 6.31. The molecule has 5 nitrogen and oxygen atoms in total. The molecule has 3 rings (SSSR count). The molecule has 1 heterocycles. The molecule has 3 aromatic rings. The first-order chi connectivity index (χ1) is 12.8. The molecule has 7 heteroatoms. The molecular formula is C20H22N2O3S2. The summed E-state index contributed by atoms with van der Waals surface area (Å²) >= 11 is 1.40. The van der Waals surface area contributed by atoms with Gasteiger partial charge in [0.2, 0.25) is 10.0 Å². The van der Waals surface area contributed by atoms with E-state index in [0.29, 0.717) is 10.6 Å². The van der Waals surface area contributed by atoms with Crippen molar-refractivity contribution in [1.29, 1.82) is 0 Å². The molecule has 0 fully saturated rings. The Bertz CT molecular complexity index is 1060. The van der Waals surface area contributed by atoms with Crippen LogP contribution in [0.1, 0.15) is 35.1 Å². The molecule has 27 heavy (non-hydrogen) atoms. The van der Waals surface area contributed by atoms with Crippen LogP contribution in [-0.2, 0) is 10.0 Å². The van der Waals surface area contributed by atoms with Crippen LogP contribution in [-0.4, -0.2) is 27.1 Å². The standard InChI is InChI=1S/C20H22N2O3S2/c1-4-27(24,25)22(3)17-10-11-18-16(12-17)13-19(26-18)20(23)21-14(2)15-8-6-5-7-9-15/h5-14H,4H2,1-3H3,(H,21,23)/t14-/m1/s1. The second kappa shape index (κ2) is 7.70. The van der Waals surface area contributed by atoms with E-state index in [9.17, 15) is 13.2 Å². The molecule has 0 aliphatic heterocycles. The highest BCUT2D eigenvalue weighted by atomic mass is 32.2. The Hall–Kier alpha value is -2.38. The molecule has 0 radical (unpaired) electrons. The first-order valence-electron chi connectivity index (χ1n) is 8.68. The molecule has 1 aromatic heterocycles. The number of rotatable bonds is 6. The van der Waals surface area contributed by atoms with Crippen LogP contribution >= 0.6 is 11.3 Å². The number of nitrogens with zero attached hydrogens (tertiary/aromatic N) is 1. The third kappa shape index (κ3) is 4.14. The van der Waals surface area contributed by atoms with Gasteiger partial charge in [-0.2, -0.15) is 0 Å². The van der Waals surface area contributed by atoms with Crippen molar-refractivity contribution in [1.82, 2.24) is 5.32 Å². The monoisotopic (exact) mass is 402 g/mol. The van der Waals surface area contributed by atoms with Crippen LogP contribution in [0.25, 0.3) is 10.1 Å². The van der Waals surface area contributed by atoms with E-state index in [-0.39, 0.29) is 17.7 Å². The van der Waals surface area contributed by atoms with E-state index in [1.54, 1.807) is 26.1 Å². The summed E-state index contributed by atoms with van der Waals surface area (Å²) in [5, 5.41) is 3.86. The van der Waals surface area contributed by atoms with Crippen LogP contribution in [0.5, 0.6) is 0 Å². The minimum atomic E-state index is -3.32. The first kappa shape index (κ1) is 19.4. The lowest BCUT2D eigenvalue weighted by molar-refractivity contribution is 0.0944. The number of amides is 1. The largest absolute Gasteiger partial charge is 0.345 e. The van der Waals surface area contributed by atoms with Crippen molar-refractivity contribution in [2.75, 3.05) is 17.1 Å². The van der Waals surface area contributed by atoms with Crippen molar-refractivity contribution < 1.29 is 13.2 Å². The number of sulfonamides is 1. The van der Waals surface area contributed by atoms with Gasteiger partial charge in [0.05, 0.1) is 22.4 Å². The van der Waals surface area contributed by atoms with Gasteiger partial charge in [0, 0.05) is 11.7 Å². The average molecular weight is 403 g/mol. The van der Waals surface area contributed by atoms with Gasteiger partial charge in [-0.15, -0.1) is 11.3 Å². The molecule has 1 amide bonds. The molecule has 2 aromatic carbocycles. The van der Waals surface area contributed by atoms with Gasteiger partial charge in [-0.1, -0.05) is 30.3 Å². The van der Waals surface area contributed by atoms with E-state index in [0.717, 1.165) is 15.6 Å². The number of fused-ring (bicyclic) bond motifs is 1. The predicted octanol–water partition coefficient (Wildman–Crippen LogP) is 4.18. The van der Waals surface area contributed by atoms with Gasteiger partial charge in [-0.3, -0.25) is 9.10 Å². The van der Waals surface area contributed by atoms with Crippen LogP contribution in [0.15, 0.2) is 54.6 Å². The molecule has 0 saturated carbocycles. The highest BCUT2D eigenvalue weighted by Crippen LogP contribution is 2.30. The summed E-state index contributed by atoms with van der Waals surface area (Å²) in [4.78, 5) is 13.2. The van der Waals surface area contributed by atoms with E-state index in [1.807, 2.05) is 49.4 Å². The van der Waals surface area contributed by atoms with Crippen molar-refractivity contribution >= 4 is 43.0 Å². The van der Waals surface area contributed by atoms with Crippen LogP contribution in [0.2, 0.25) is 0 Å². The van der Waals surface area contributed by atoms with Crippen LogP contribution in [0.4, 0.5) is 5.69 Å². The fourth-order valence-corrected chi connectivity index (χ4v) is 4.55. The zero-order valence-corrected chi connectivity index (χ0v) is 17.1. The van der Waals surface area contributed by atoms with Crippen LogP contribution < -0.4 is 9.62 Å². The lowest BCUT2D eigenvalue weighted by Crippen LogP contribution is -2.27. The highest BCUT2D eigenvalue weighted by molar-refractivity contribution is 7.92. The minimum Gasteiger partial charge on any atom is -0.345 e. The predicted molar refractivity (Wildman–Crippen MR) is 112 cm³/mol. The molecule has 0 unspecified atom stereocenters. The van der Waals surface area contributed by atoms with Crippen molar-refractivity contribution in [2.45, 2.75) is 19.9 Å². The Morgan fingerprint density at radius 2 is 1.85 bits per heavy atom. The fraction of sp³-hybridized carbons (Fsp3) is 0.250. The minimum absolute atomic E-state index is 0.0379. The molecule has 1 N–H and O–H groups in total. The summed E-state index contributed by atoms with van der Waals surface area (Å²) in [6, 6.07) is 16.9. The van der Waals surface area contributed by atoms with Crippen LogP contribution in [0, 0.1) is 0 Å². The van der Waals surface area contributed by atoms with Gasteiger partial charge >= 0.3 is 0 Å². The summed E-state index contributed by atoms with van der Waals surface area (Å²) in [5.41, 5.74) is 1.63. The van der Waals surface area contributed by atoms with Gasteiger partial charge in [-0.05, 0) is 49.1 Å². The smallest absolute Gasteiger partial charge is 0.261 e. The number of anilines is 1. The number of hydrogen-bond donors (Lipinski definition) is 1. The first-order valence-corrected chi connectivity index (χ1v) is 11.1. The third-order valence-electron chi connectivity index (χ3n) is 4.52. The Morgan fingerprint density at radius 1 is 1.15 bits per heavy atom. The van der Waals surface area contributed by atoms with Crippen molar-refractivity contribution in [3.05, 3.63) is 65.0 Å². The van der Waals surface area contributed by atoms with E-state index < -0.39 is 10.0 Å². The number of hydrogen-bond acceptors (Lipinski definition) is 4. The Balaban J connectivity index is 1.83. The lowest BCUT2D eigenvalue weighted by Gasteiger charge is -2.18. The summed E-state index contributed by atoms with van der Waals surface area (Å²) in [5.74, 6) is -0.0976. The Kier molecular flexibility index (Phi) is 5.53. The molecule has 0 bridgehead atoms. The Morgan fingerprint density at radius 3 is 2.52 bits per heavy atom. The number of thiophene rings is 1. The summed E-state index contributed by atoms with van der Waals surface area (Å²) in [6.45, 7) is 3.56. The van der Waals surface area contributed by atoms with E-state index in [4.69, 9.17) is 0 Å². The van der Waals surface area contributed by atoms with E-state index in [2.05, 4.69) is 5.32 Å².